The van der Waals surface area contributed by atoms with Crippen molar-refractivity contribution in [1.82, 2.24) is 0 Å². The van der Waals surface area contributed by atoms with Gasteiger partial charge in [0.15, 0.2) is 0 Å². The number of hydrogen-bond donors (Lipinski definition) is 2. The van der Waals surface area contributed by atoms with Crippen molar-refractivity contribution in [3.8, 4) is 0 Å². The van der Waals surface area contributed by atoms with E-state index in [-0.39, 0.29) is 36.0 Å². The maximum atomic E-state index is 11.0. The number of aliphatic carboxylic acids is 1. The van der Waals surface area contributed by atoms with E-state index < -0.39 is 5.97 Å². The largest absolute Gasteiger partial charge is 0.481 e. The van der Waals surface area contributed by atoms with E-state index in [1.165, 1.54) is 0 Å². The third-order valence-corrected chi connectivity index (χ3v) is 3.93. The van der Waals surface area contributed by atoms with E-state index in [1.54, 1.807) is 0 Å². The van der Waals surface area contributed by atoms with Crippen molar-refractivity contribution in [2.45, 2.75) is 20.3 Å². The van der Waals surface area contributed by atoms with Gasteiger partial charge < -0.3 is 10.8 Å². The predicted molar refractivity (Wildman–Crippen MR) is 94.7 cm³/mol. The van der Waals surface area contributed by atoms with Crippen LogP contribution in [-0.4, -0.2) is 45.5 Å². The van der Waals surface area contributed by atoms with Gasteiger partial charge in [-0.25, -0.2) is 0 Å². The van der Waals surface area contributed by atoms with E-state index in [9.17, 15) is 4.79 Å². The summed E-state index contributed by atoms with van der Waals surface area (Å²) in [6.07, 6.45) is -0.0952. The number of benzene rings is 2. The molecule has 0 aliphatic carbocycles. The Morgan fingerprint density at radius 1 is 1.14 bits per heavy atom. The number of nitrogens with two attached hydrogens (primary N) is 1. The minimum atomic E-state index is -0.900. The normalized spacial score (nSPS) is 9.91. The monoisotopic (exact) mass is 322 g/mol. The van der Waals surface area contributed by atoms with Crippen molar-refractivity contribution in [3.63, 3.8) is 0 Å². The minimum absolute atomic E-state index is 0. The van der Waals surface area contributed by atoms with Gasteiger partial charge >= 0.3 is 5.97 Å². The van der Waals surface area contributed by atoms with Gasteiger partial charge in [0, 0.05) is 40.8 Å². The van der Waals surface area contributed by atoms with Crippen LogP contribution in [0.2, 0.25) is 0 Å². The fraction of sp³-hybridized carbons (Fsp3) is 0.176. The number of nitrogen functional groups attached to an aromatic ring is 1. The number of anilines is 1. The third-order valence-electron chi connectivity index (χ3n) is 3.48. The third kappa shape index (κ3) is 4.17. The van der Waals surface area contributed by atoms with E-state index in [0.29, 0.717) is 16.1 Å². The molecule has 3 N–H and O–H groups in total. The van der Waals surface area contributed by atoms with E-state index in [1.807, 2.05) is 50.2 Å². The van der Waals surface area contributed by atoms with Gasteiger partial charge in [-0.15, -0.1) is 0 Å². The number of rotatable bonds is 4. The zero-order valence-corrected chi connectivity index (χ0v) is 15.8. The molecule has 0 heterocycles. The van der Waals surface area contributed by atoms with Gasteiger partial charge in [0.2, 0.25) is 0 Å². The molecule has 0 aliphatic heterocycles. The Labute approximate surface area is 157 Å². The Hall–Kier alpha value is -1.20. The molecule has 0 bridgehead atoms. The van der Waals surface area contributed by atoms with Crippen LogP contribution in [0, 0.1) is 13.8 Å². The first kappa shape index (κ1) is 18.8. The molecule has 0 fully saturated rings. The molecule has 5 heteroatoms. The summed E-state index contributed by atoms with van der Waals surface area (Å²) in [6.45, 7) is 3.87. The Bertz CT molecular complexity index is 711. The molecule has 2 aromatic rings. The van der Waals surface area contributed by atoms with Crippen LogP contribution in [0.5, 0.6) is 0 Å². The summed E-state index contributed by atoms with van der Waals surface area (Å²) in [6, 6.07) is 11.6. The first-order valence-corrected chi connectivity index (χ1v) is 7.02. The molecule has 1 radical (unpaired) electrons. The smallest absolute Gasteiger partial charge is 0.307 e. The number of aryl methyl sites for hydroxylation is 2. The second kappa shape index (κ2) is 7.88. The van der Waals surface area contributed by atoms with Crippen molar-refractivity contribution in [1.29, 1.82) is 0 Å². The number of carboxylic acids is 1. The van der Waals surface area contributed by atoms with Gasteiger partial charge in [0.25, 0.3) is 0 Å². The molecule has 109 valence electrons. The van der Waals surface area contributed by atoms with Gasteiger partial charge in [-0.3, -0.25) is 4.79 Å². The summed E-state index contributed by atoms with van der Waals surface area (Å²) in [5, 5.41) is 9.00. The molecule has 3 nitrogen and oxygen atoms in total. The fourth-order valence-corrected chi connectivity index (χ4v) is 2.53. The van der Waals surface area contributed by atoms with Crippen LogP contribution in [0.25, 0.3) is 0 Å². The number of thiocarbonyl (C=S) groups is 1. The first-order valence-electron chi connectivity index (χ1n) is 6.61. The summed E-state index contributed by atoms with van der Waals surface area (Å²) in [4.78, 5) is 11.6. The van der Waals surface area contributed by atoms with E-state index in [2.05, 4.69) is 0 Å². The summed E-state index contributed by atoms with van der Waals surface area (Å²) in [7, 11) is 0. The van der Waals surface area contributed by atoms with Gasteiger partial charge in [-0.2, -0.15) is 0 Å². The van der Waals surface area contributed by atoms with Crippen molar-refractivity contribution in [2.24, 2.45) is 0 Å². The quantitative estimate of drug-likeness (QED) is 0.393. The standard InChI is InChI=1S/C17H17NO2S.Na/c1-10-3-6-12(7-4-10)17(21)13-8-5-11(2)14(16(13)18)9-15(19)20;/h3-8H,9,18H2,1-2H3,(H,19,20);. The summed E-state index contributed by atoms with van der Waals surface area (Å²) in [5.74, 6) is -0.900. The second-order valence-corrected chi connectivity index (χ2v) is 5.50. The van der Waals surface area contributed by atoms with Crippen molar-refractivity contribution in [3.05, 3.63) is 64.2 Å². The molecule has 0 aliphatic rings. The Balaban J connectivity index is 0.00000242. The van der Waals surface area contributed by atoms with Crippen LogP contribution in [-0.2, 0) is 11.2 Å². The average Bonchev–Trinajstić information content (AvgIpc) is 2.43. The first-order chi connectivity index (χ1) is 9.90. The van der Waals surface area contributed by atoms with Crippen molar-refractivity contribution < 1.29 is 9.90 Å². The Kier molecular flexibility index (Phi) is 6.75. The van der Waals surface area contributed by atoms with Crippen molar-refractivity contribution in [2.75, 3.05) is 5.73 Å². The fourth-order valence-electron chi connectivity index (χ4n) is 2.22. The SMILES string of the molecule is Cc1ccc(C(=S)c2ccc(C)c(CC(=O)O)c2N)cc1.[Na]. The molecule has 0 unspecified atom stereocenters. The zero-order valence-electron chi connectivity index (χ0n) is 13.0. The summed E-state index contributed by atoms with van der Waals surface area (Å²) in [5.41, 5.74) is 10.9. The molecule has 0 saturated heterocycles. The van der Waals surface area contributed by atoms with Gasteiger partial charge in [0.1, 0.15) is 0 Å². The average molecular weight is 322 g/mol. The van der Waals surface area contributed by atoms with Crippen LogP contribution >= 0.6 is 12.2 Å². The molecule has 0 atom stereocenters. The van der Waals surface area contributed by atoms with Crippen LogP contribution in [0.4, 0.5) is 5.69 Å². The van der Waals surface area contributed by atoms with Gasteiger partial charge in [0.05, 0.1) is 11.3 Å². The zero-order chi connectivity index (χ0) is 15.6. The molecule has 22 heavy (non-hydrogen) atoms. The van der Waals surface area contributed by atoms with Crippen LogP contribution in [0.1, 0.15) is 27.8 Å². The number of carbonyl (C=O) groups is 1. The summed E-state index contributed by atoms with van der Waals surface area (Å²) >= 11 is 5.51. The van der Waals surface area contributed by atoms with E-state index in [0.717, 1.165) is 22.3 Å². The molecule has 0 saturated carbocycles. The van der Waals surface area contributed by atoms with Crippen LogP contribution in [0.3, 0.4) is 0 Å². The van der Waals surface area contributed by atoms with Crippen LogP contribution < -0.4 is 5.73 Å². The molecule has 0 amide bonds. The molecule has 0 aromatic heterocycles. The summed E-state index contributed by atoms with van der Waals surface area (Å²) < 4.78 is 0. The Morgan fingerprint density at radius 3 is 2.27 bits per heavy atom. The maximum absolute atomic E-state index is 11.0. The van der Waals surface area contributed by atoms with Gasteiger partial charge in [-0.05, 0) is 30.5 Å². The molecule has 2 aromatic carbocycles. The number of hydrogen-bond acceptors (Lipinski definition) is 3. The van der Waals surface area contributed by atoms with E-state index >= 15 is 0 Å². The number of carboxylic acid groups (broad SMARTS) is 1. The van der Waals surface area contributed by atoms with Gasteiger partial charge in [-0.1, -0.05) is 54.2 Å². The second-order valence-electron chi connectivity index (χ2n) is 5.09. The molecule has 0 spiro atoms. The maximum Gasteiger partial charge on any atom is 0.307 e. The van der Waals surface area contributed by atoms with Crippen LogP contribution in [0.15, 0.2) is 36.4 Å². The molecular weight excluding hydrogens is 305 g/mol. The topological polar surface area (TPSA) is 63.3 Å². The minimum Gasteiger partial charge on any atom is -0.481 e. The molecule has 2 rings (SSSR count). The van der Waals surface area contributed by atoms with Crippen molar-refractivity contribution >= 4 is 58.3 Å². The van der Waals surface area contributed by atoms with E-state index in [4.69, 9.17) is 23.1 Å². The molecular formula is C17H17NNaO2S. The Morgan fingerprint density at radius 2 is 1.73 bits per heavy atom. The predicted octanol–water partition coefficient (Wildman–Crippen LogP) is 2.90.